The number of amidine groups is 1. The largest absolute Gasteiger partial charge is 0.460 e. The first kappa shape index (κ1) is 23.9. The Labute approximate surface area is 169 Å². The van der Waals surface area contributed by atoms with Gasteiger partial charge in [-0.25, -0.2) is 15.0 Å². The third-order valence-corrected chi connectivity index (χ3v) is 3.17. The van der Waals surface area contributed by atoms with Gasteiger partial charge in [0.05, 0.1) is 19.8 Å². The number of nitrogens with two attached hydrogens (primary N) is 1. The van der Waals surface area contributed by atoms with Crippen LogP contribution in [-0.4, -0.2) is 48.7 Å². The summed E-state index contributed by atoms with van der Waals surface area (Å²) in [6.07, 6.45) is -0.802. The van der Waals surface area contributed by atoms with Gasteiger partial charge in [-0.15, -0.1) is 5.10 Å². The molecule has 1 aromatic carbocycles. The molecule has 10 nitrogen and oxygen atoms in total. The molecule has 0 bridgehead atoms. The zero-order valence-corrected chi connectivity index (χ0v) is 17.1. The second kappa shape index (κ2) is 11.6. The third-order valence-electron chi connectivity index (χ3n) is 3.17. The molecule has 0 heterocycles. The molecular weight excluding hydrogens is 380 g/mol. The molecule has 0 unspecified atom stereocenters. The number of carbonyl (C=O) groups excluding carboxylic acids is 3. The molecule has 1 rings (SSSR count). The number of rotatable bonds is 8. The van der Waals surface area contributed by atoms with Gasteiger partial charge in [-0.1, -0.05) is 30.3 Å². The van der Waals surface area contributed by atoms with Gasteiger partial charge in [0.2, 0.25) is 5.84 Å². The molecule has 10 heteroatoms. The highest BCUT2D eigenvalue weighted by atomic mass is 16.6. The lowest BCUT2D eigenvalue weighted by Gasteiger charge is -2.22. The lowest BCUT2D eigenvalue weighted by Crippen LogP contribution is -2.50. The van der Waals surface area contributed by atoms with Crippen molar-refractivity contribution in [3.63, 3.8) is 0 Å². The van der Waals surface area contributed by atoms with Gasteiger partial charge < -0.3 is 25.3 Å². The van der Waals surface area contributed by atoms with Gasteiger partial charge in [0.15, 0.2) is 0 Å². The molecule has 0 saturated heterocycles. The number of esters is 1. The van der Waals surface area contributed by atoms with E-state index in [1.54, 1.807) is 27.7 Å². The highest BCUT2D eigenvalue weighted by molar-refractivity contribution is 6.34. The van der Waals surface area contributed by atoms with Crippen LogP contribution < -0.4 is 16.5 Å². The summed E-state index contributed by atoms with van der Waals surface area (Å²) in [4.78, 5) is 35.9. The van der Waals surface area contributed by atoms with Crippen LogP contribution in [0.2, 0.25) is 0 Å². The molecule has 0 saturated carbocycles. The predicted octanol–water partition coefficient (Wildman–Crippen LogP) is 1.05. The zero-order valence-electron chi connectivity index (χ0n) is 17.1. The molecule has 29 heavy (non-hydrogen) atoms. The van der Waals surface area contributed by atoms with Crippen molar-refractivity contribution in [2.45, 2.75) is 45.9 Å². The smallest absolute Gasteiger partial charge is 0.408 e. The average molecular weight is 408 g/mol. The van der Waals surface area contributed by atoms with E-state index in [2.05, 4.69) is 20.6 Å². The Kier molecular flexibility index (Phi) is 9.60. The number of hydrazone groups is 1. The minimum absolute atomic E-state index is 0.110. The fraction of sp³-hybridized carbons (Fsp3) is 0.474. The van der Waals surface area contributed by atoms with E-state index in [4.69, 9.17) is 15.2 Å². The Bertz CT molecular complexity index is 715. The van der Waals surface area contributed by atoms with Gasteiger partial charge in [0.25, 0.3) is 5.91 Å². The number of hydrogen-bond acceptors (Lipinski definition) is 7. The molecule has 2 amide bonds. The van der Waals surface area contributed by atoms with Crippen molar-refractivity contribution in [3.8, 4) is 0 Å². The maximum absolute atomic E-state index is 12.4. The minimum atomic E-state index is -1.13. The monoisotopic (exact) mass is 408 g/mol. The van der Waals surface area contributed by atoms with Crippen LogP contribution in [0, 0.1) is 0 Å². The molecule has 0 aliphatic carbocycles. The summed E-state index contributed by atoms with van der Waals surface area (Å²) in [6, 6.07) is 8.17. The van der Waals surface area contributed by atoms with Crippen molar-refractivity contribution in [1.82, 2.24) is 10.7 Å². The molecule has 0 fully saturated rings. The van der Waals surface area contributed by atoms with E-state index in [1.165, 1.54) is 0 Å². The lowest BCUT2D eigenvalue weighted by molar-refractivity contribution is -0.135. The van der Waals surface area contributed by atoms with E-state index in [0.29, 0.717) is 0 Å². The molecule has 1 aromatic rings. The van der Waals surface area contributed by atoms with Crippen LogP contribution in [-0.2, 0) is 30.4 Å². The Morgan fingerprint density at radius 3 is 2.41 bits per heavy atom. The Morgan fingerprint density at radius 2 is 1.83 bits per heavy atom. The fourth-order valence-corrected chi connectivity index (χ4v) is 1.95. The standard InChI is InChI=1S/C19H28N4O6/c1-5-28-17(25)15(20)22-23-16(24)14(21-18(26)29-19(2,3)4)12-27-11-13-9-7-6-8-10-13/h6-10,14H,5,11-12H2,1-4H3,(H2,20,22)(H,21,26)(H,23,24)/t14-/m0/s1. The highest BCUT2D eigenvalue weighted by Gasteiger charge is 2.25. The molecule has 0 spiro atoms. The second-order valence-electron chi connectivity index (χ2n) is 6.89. The molecule has 0 radical (unpaired) electrons. The number of alkyl carbamates (subject to hydrolysis) is 1. The summed E-state index contributed by atoms with van der Waals surface area (Å²) in [7, 11) is 0. The summed E-state index contributed by atoms with van der Waals surface area (Å²) < 4.78 is 15.4. The maximum Gasteiger partial charge on any atom is 0.408 e. The van der Waals surface area contributed by atoms with Crippen LogP contribution in [0.4, 0.5) is 4.79 Å². The molecule has 160 valence electrons. The van der Waals surface area contributed by atoms with Crippen molar-refractivity contribution < 1.29 is 28.6 Å². The molecule has 4 N–H and O–H groups in total. The Balaban J connectivity index is 2.74. The number of carbonyl (C=O) groups is 3. The quantitative estimate of drug-likeness (QED) is 0.253. The number of ether oxygens (including phenoxy) is 3. The van der Waals surface area contributed by atoms with Crippen molar-refractivity contribution in [2.75, 3.05) is 13.2 Å². The first-order chi connectivity index (χ1) is 13.6. The van der Waals surface area contributed by atoms with Crippen LogP contribution in [0.25, 0.3) is 0 Å². The first-order valence-corrected chi connectivity index (χ1v) is 9.03. The SMILES string of the molecule is CCOC(=O)/C(N)=N/NC(=O)[C@H](COCc1ccccc1)NC(=O)OC(C)(C)C. The minimum Gasteiger partial charge on any atom is -0.460 e. The van der Waals surface area contributed by atoms with Crippen LogP contribution in [0.3, 0.4) is 0 Å². The van der Waals surface area contributed by atoms with Crippen molar-refractivity contribution in [3.05, 3.63) is 35.9 Å². The third kappa shape index (κ3) is 10.1. The number of benzene rings is 1. The summed E-state index contributed by atoms with van der Waals surface area (Å²) in [5.74, 6) is -2.14. The van der Waals surface area contributed by atoms with Crippen LogP contribution in [0.1, 0.15) is 33.3 Å². The average Bonchev–Trinajstić information content (AvgIpc) is 2.64. The Morgan fingerprint density at radius 1 is 1.17 bits per heavy atom. The first-order valence-electron chi connectivity index (χ1n) is 9.03. The summed E-state index contributed by atoms with van der Waals surface area (Å²) in [6.45, 7) is 6.87. The van der Waals surface area contributed by atoms with Gasteiger partial charge in [0.1, 0.15) is 11.6 Å². The van der Waals surface area contributed by atoms with Gasteiger partial charge in [-0.2, -0.15) is 0 Å². The number of nitrogens with one attached hydrogen (secondary N) is 2. The summed E-state index contributed by atoms with van der Waals surface area (Å²) in [5, 5.41) is 5.90. The van der Waals surface area contributed by atoms with E-state index in [9.17, 15) is 14.4 Å². The van der Waals surface area contributed by atoms with Gasteiger partial charge in [-0.05, 0) is 33.3 Å². The van der Waals surface area contributed by atoms with Crippen molar-refractivity contribution >= 4 is 23.8 Å². The molecule has 0 aromatic heterocycles. The van der Waals surface area contributed by atoms with E-state index in [-0.39, 0.29) is 19.8 Å². The molecule has 0 aliphatic rings. The number of hydrogen-bond donors (Lipinski definition) is 3. The predicted molar refractivity (Wildman–Crippen MR) is 106 cm³/mol. The molecule has 0 aliphatic heterocycles. The molecule has 1 atom stereocenters. The Hall–Kier alpha value is -3.14. The lowest BCUT2D eigenvalue weighted by atomic mass is 10.2. The van der Waals surface area contributed by atoms with E-state index in [1.807, 2.05) is 30.3 Å². The number of nitrogens with zero attached hydrogens (tertiary/aromatic N) is 1. The number of amides is 2. The van der Waals surface area contributed by atoms with Crippen LogP contribution >= 0.6 is 0 Å². The fourth-order valence-electron chi connectivity index (χ4n) is 1.95. The van der Waals surface area contributed by atoms with Crippen LogP contribution in [0.15, 0.2) is 35.4 Å². The van der Waals surface area contributed by atoms with Crippen LogP contribution in [0.5, 0.6) is 0 Å². The summed E-state index contributed by atoms with van der Waals surface area (Å²) >= 11 is 0. The van der Waals surface area contributed by atoms with E-state index >= 15 is 0 Å². The van der Waals surface area contributed by atoms with Crippen molar-refractivity contribution in [2.24, 2.45) is 10.8 Å². The van der Waals surface area contributed by atoms with Crippen molar-refractivity contribution in [1.29, 1.82) is 0 Å². The second-order valence-corrected chi connectivity index (χ2v) is 6.89. The highest BCUT2D eigenvalue weighted by Crippen LogP contribution is 2.07. The molecular formula is C19H28N4O6. The topological polar surface area (TPSA) is 141 Å². The van der Waals surface area contributed by atoms with Gasteiger partial charge in [-0.3, -0.25) is 4.79 Å². The van der Waals surface area contributed by atoms with Gasteiger partial charge in [0, 0.05) is 0 Å². The normalized spacial score (nSPS) is 12.6. The van der Waals surface area contributed by atoms with E-state index in [0.717, 1.165) is 5.56 Å². The van der Waals surface area contributed by atoms with E-state index < -0.39 is 35.4 Å². The summed E-state index contributed by atoms with van der Waals surface area (Å²) in [5.41, 5.74) is 7.69. The van der Waals surface area contributed by atoms with Gasteiger partial charge >= 0.3 is 12.1 Å². The zero-order chi connectivity index (χ0) is 21.9. The maximum atomic E-state index is 12.4.